The summed E-state index contributed by atoms with van der Waals surface area (Å²) in [6, 6.07) is 8.97. The normalized spacial score (nSPS) is 11.0. The first-order valence-corrected chi connectivity index (χ1v) is 9.41. The van der Waals surface area contributed by atoms with Crippen LogP contribution in [0, 0.1) is 0 Å². The van der Waals surface area contributed by atoms with E-state index in [9.17, 15) is 13.2 Å². The van der Waals surface area contributed by atoms with Crippen LogP contribution in [0.3, 0.4) is 0 Å². The predicted octanol–water partition coefficient (Wildman–Crippen LogP) is 3.12. The van der Waals surface area contributed by atoms with Gasteiger partial charge in [0.1, 0.15) is 18.1 Å². The van der Waals surface area contributed by atoms with E-state index in [0.717, 1.165) is 6.26 Å². The highest BCUT2D eigenvalue weighted by Crippen LogP contribution is 2.26. The molecule has 0 heterocycles. The first-order valence-electron chi connectivity index (χ1n) is 7.14. The molecule has 0 saturated heterocycles. The average molecular weight is 385 g/mol. The molecule has 0 fully saturated rings. The quantitative estimate of drug-likeness (QED) is 0.712. The fourth-order valence-electron chi connectivity index (χ4n) is 2.11. The molecule has 134 valence electrons. The van der Waals surface area contributed by atoms with Crippen LogP contribution < -0.4 is 9.47 Å². The van der Waals surface area contributed by atoms with Crippen molar-refractivity contribution in [2.75, 3.05) is 20.5 Å². The summed E-state index contributed by atoms with van der Waals surface area (Å²) in [4.78, 5) is 12.3. The number of hydrogen-bond donors (Lipinski definition) is 0. The summed E-state index contributed by atoms with van der Waals surface area (Å²) < 4.78 is 38.9. The van der Waals surface area contributed by atoms with Gasteiger partial charge in [0.25, 0.3) is 0 Å². The minimum atomic E-state index is -3.47. The summed E-state index contributed by atoms with van der Waals surface area (Å²) >= 11 is 5.99. The van der Waals surface area contributed by atoms with Gasteiger partial charge in [0, 0.05) is 11.8 Å². The number of ether oxygens (including phenoxy) is 3. The smallest absolute Gasteiger partial charge is 0.340 e. The number of carbonyl (C=O) groups is 1. The molecule has 6 nitrogen and oxygen atoms in total. The fraction of sp³-hybridized carbons (Fsp3) is 0.235. The van der Waals surface area contributed by atoms with Gasteiger partial charge in [-0.05, 0) is 36.4 Å². The van der Waals surface area contributed by atoms with Gasteiger partial charge in [-0.15, -0.1) is 0 Å². The zero-order chi connectivity index (χ0) is 18.6. The van der Waals surface area contributed by atoms with Crippen molar-refractivity contribution in [3.05, 3.63) is 52.5 Å². The van der Waals surface area contributed by atoms with E-state index in [1.54, 1.807) is 18.2 Å². The van der Waals surface area contributed by atoms with Crippen molar-refractivity contribution < 1.29 is 27.4 Å². The van der Waals surface area contributed by atoms with E-state index in [4.69, 9.17) is 25.8 Å². The van der Waals surface area contributed by atoms with Crippen LogP contribution in [0.1, 0.15) is 15.9 Å². The van der Waals surface area contributed by atoms with Gasteiger partial charge >= 0.3 is 5.97 Å². The Morgan fingerprint density at radius 2 is 1.80 bits per heavy atom. The SMILES string of the molecule is COc1ccc(OC)c(COC(=O)c2cc(S(C)(=O)=O)ccc2Cl)c1. The molecule has 0 bridgehead atoms. The summed E-state index contributed by atoms with van der Waals surface area (Å²) in [5.41, 5.74) is 0.581. The third-order valence-electron chi connectivity index (χ3n) is 3.43. The Labute approximate surface area is 151 Å². The van der Waals surface area contributed by atoms with Gasteiger partial charge in [0.15, 0.2) is 9.84 Å². The molecular weight excluding hydrogens is 368 g/mol. The third kappa shape index (κ3) is 4.64. The number of rotatable bonds is 6. The summed E-state index contributed by atoms with van der Waals surface area (Å²) in [5.74, 6) is 0.383. The lowest BCUT2D eigenvalue weighted by Crippen LogP contribution is -2.08. The molecule has 0 aliphatic carbocycles. The van der Waals surface area contributed by atoms with Gasteiger partial charge in [-0.3, -0.25) is 0 Å². The second-order valence-electron chi connectivity index (χ2n) is 5.17. The molecule has 2 rings (SSSR count). The van der Waals surface area contributed by atoms with Gasteiger partial charge in [0.05, 0.1) is 29.7 Å². The fourth-order valence-corrected chi connectivity index (χ4v) is 2.95. The molecule has 0 spiro atoms. The van der Waals surface area contributed by atoms with Crippen LogP contribution in [-0.2, 0) is 21.2 Å². The first-order chi connectivity index (χ1) is 11.8. The molecule has 0 N–H and O–H groups in total. The molecule has 0 atom stereocenters. The maximum absolute atomic E-state index is 12.3. The highest BCUT2D eigenvalue weighted by molar-refractivity contribution is 7.90. The van der Waals surface area contributed by atoms with E-state index in [1.807, 2.05) is 0 Å². The monoisotopic (exact) mass is 384 g/mol. The number of esters is 1. The molecule has 0 radical (unpaired) electrons. The van der Waals surface area contributed by atoms with Crippen molar-refractivity contribution in [3.63, 3.8) is 0 Å². The van der Waals surface area contributed by atoms with Crippen LogP contribution in [-0.4, -0.2) is 34.9 Å². The first kappa shape index (κ1) is 19.1. The minimum absolute atomic E-state index is 0.0113. The highest BCUT2D eigenvalue weighted by Gasteiger charge is 2.17. The Hall–Kier alpha value is -2.25. The van der Waals surface area contributed by atoms with Crippen LogP contribution >= 0.6 is 11.6 Å². The third-order valence-corrected chi connectivity index (χ3v) is 4.87. The standard InChI is InChI=1S/C17H17ClO6S/c1-22-12-4-7-16(23-2)11(8-12)10-24-17(19)14-9-13(25(3,20)21)5-6-15(14)18/h4-9H,10H2,1-3H3. The molecule has 8 heteroatoms. The maximum atomic E-state index is 12.3. The van der Waals surface area contributed by atoms with E-state index in [2.05, 4.69) is 0 Å². The van der Waals surface area contributed by atoms with Gasteiger partial charge in [0.2, 0.25) is 0 Å². The molecule has 2 aromatic carbocycles. The van der Waals surface area contributed by atoms with E-state index in [0.29, 0.717) is 17.1 Å². The molecule has 0 aliphatic rings. The Balaban J connectivity index is 2.24. The van der Waals surface area contributed by atoms with Crippen LogP contribution in [0.4, 0.5) is 0 Å². The summed E-state index contributed by atoms with van der Waals surface area (Å²) in [6.45, 7) is -0.0847. The summed E-state index contributed by atoms with van der Waals surface area (Å²) in [5, 5.41) is 0.106. The zero-order valence-corrected chi connectivity index (χ0v) is 15.5. The molecule has 0 amide bonds. The van der Waals surface area contributed by atoms with Gasteiger partial charge < -0.3 is 14.2 Å². The number of methoxy groups -OCH3 is 2. The Kier molecular flexibility index (Phi) is 5.92. The number of hydrogen-bond acceptors (Lipinski definition) is 6. The molecule has 0 unspecified atom stereocenters. The Bertz CT molecular complexity index is 892. The summed E-state index contributed by atoms with van der Waals surface area (Å²) in [6.07, 6.45) is 1.05. The molecule has 25 heavy (non-hydrogen) atoms. The van der Waals surface area contributed by atoms with Crippen LogP contribution in [0.5, 0.6) is 11.5 Å². The second kappa shape index (κ2) is 7.76. The van der Waals surface area contributed by atoms with Crippen LogP contribution in [0.2, 0.25) is 5.02 Å². The summed E-state index contributed by atoms with van der Waals surface area (Å²) in [7, 11) is -0.444. The molecular formula is C17H17ClO6S. The topological polar surface area (TPSA) is 78.9 Å². The minimum Gasteiger partial charge on any atom is -0.497 e. The maximum Gasteiger partial charge on any atom is 0.340 e. The predicted molar refractivity (Wildman–Crippen MR) is 93.2 cm³/mol. The number of benzene rings is 2. The largest absolute Gasteiger partial charge is 0.497 e. The zero-order valence-electron chi connectivity index (χ0n) is 13.9. The molecule has 0 aliphatic heterocycles. The molecule has 0 aromatic heterocycles. The van der Waals surface area contributed by atoms with Crippen LogP contribution in [0.15, 0.2) is 41.3 Å². The van der Waals surface area contributed by atoms with Crippen molar-refractivity contribution >= 4 is 27.4 Å². The van der Waals surface area contributed by atoms with Crippen molar-refractivity contribution in [3.8, 4) is 11.5 Å². The van der Waals surface area contributed by atoms with Crippen molar-refractivity contribution in [2.45, 2.75) is 11.5 Å². The second-order valence-corrected chi connectivity index (χ2v) is 7.59. The molecule has 2 aromatic rings. The number of halogens is 1. The highest BCUT2D eigenvalue weighted by atomic mass is 35.5. The lowest BCUT2D eigenvalue weighted by Gasteiger charge is -2.12. The van der Waals surface area contributed by atoms with Crippen molar-refractivity contribution in [1.29, 1.82) is 0 Å². The van der Waals surface area contributed by atoms with Crippen LogP contribution in [0.25, 0.3) is 0 Å². The molecule has 0 saturated carbocycles. The Morgan fingerprint density at radius 3 is 2.40 bits per heavy atom. The van der Waals surface area contributed by atoms with Gasteiger partial charge in [-0.25, -0.2) is 13.2 Å². The van der Waals surface area contributed by atoms with E-state index >= 15 is 0 Å². The lowest BCUT2D eigenvalue weighted by atomic mass is 10.2. The Morgan fingerprint density at radius 1 is 1.08 bits per heavy atom. The van der Waals surface area contributed by atoms with Gasteiger partial charge in [-0.2, -0.15) is 0 Å². The van der Waals surface area contributed by atoms with E-state index in [-0.39, 0.29) is 22.1 Å². The van der Waals surface area contributed by atoms with E-state index < -0.39 is 15.8 Å². The number of sulfone groups is 1. The van der Waals surface area contributed by atoms with Crippen molar-refractivity contribution in [1.82, 2.24) is 0 Å². The number of carbonyl (C=O) groups excluding carboxylic acids is 1. The van der Waals surface area contributed by atoms with Gasteiger partial charge in [-0.1, -0.05) is 11.6 Å². The van der Waals surface area contributed by atoms with E-state index in [1.165, 1.54) is 32.4 Å². The lowest BCUT2D eigenvalue weighted by molar-refractivity contribution is 0.0470. The average Bonchev–Trinajstić information content (AvgIpc) is 2.58. The van der Waals surface area contributed by atoms with Crippen molar-refractivity contribution in [2.24, 2.45) is 0 Å².